The fourth-order valence-corrected chi connectivity index (χ4v) is 4.29. The monoisotopic (exact) mass is 423 g/mol. The Morgan fingerprint density at radius 1 is 1.23 bits per heavy atom. The average Bonchev–Trinajstić information content (AvgIpc) is 2.58. The minimum Gasteiger partial charge on any atom is -0.373 e. The number of morpholine rings is 1. The Hall–Kier alpha value is -1.11. The Balaban J connectivity index is 1.45. The lowest BCUT2D eigenvalue weighted by molar-refractivity contribution is -0.0728. The van der Waals surface area contributed by atoms with Crippen molar-refractivity contribution in [2.75, 3.05) is 38.0 Å². The average molecular weight is 424 g/mol. The van der Waals surface area contributed by atoms with Gasteiger partial charge < -0.3 is 15.0 Å². The van der Waals surface area contributed by atoms with Gasteiger partial charge in [0.2, 0.25) is 0 Å². The highest BCUT2D eigenvalue weighted by molar-refractivity contribution is 9.10. The van der Waals surface area contributed by atoms with Crippen molar-refractivity contribution in [2.24, 2.45) is 5.92 Å². The number of carbonyl (C=O) groups is 1. The lowest BCUT2D eigenvalue weighted by Gasteiger charge is -2.39. The predicted molar refractivity (Wildman–Crippen MR) is 109 cm³/mol. The van der Waals surface area contributed by atoms with Crippen molar-refractivity contribution in [3.8, 4) is 0 Å². The minimum absolute atomic E-state index is 0.0128. The molecule has 0 spiro atoms. The lowest BCUT2D eigenvalue weighted by atomic mass is 9.96. The molecule has 5 nitrogen and oxygen atoms in total. The number of piperidine rings is 1. The van der Waals surface area contributed by atoms with Crippen LogP contribution in [0.25, 0.3) is 0 Å². The van der Waals surface area contributed by atoms with Gasteiger partial charge in [-0.3, -0.25) is 4.90 Å². The van der Waals surface area contributed by atoms with Gasteiger partial charge in [0.25, 0.3) is 0 Å². The molecular weight excluding hydrogens is 394 g/mol. The number of benzene rings is 1. The summed E-state index contributed by atoms with van der Waals surface area (Å²) in [7, 11) is 0. The van der Waals surface area contributed by atoms with Crippen LogP contribution in [0.4, 0.5) is 10.5 Å². The first-order valence-electron chi connectivity index (χ1n) is 9.60. The number of rotatable bonds is 3. The highest BCUT2D eigenvalue weighted by Gasteiger charge is 2.28. The van der Waals surface area contributed by atoms with E-state index in [0.29, 0.717) is 18.1 Å². The van der Waals surface area contributed by atoms with Gasteiger partial charge in [-0.1, -0.05) is 15.9 Å². The van der Waals surface area contributed by atoms with Crippen molar-refractivity contribution in [3.63, 3.8) is 0 Å². The standard InChI is InChI=1S/C20H30BrN3O2/c1-14-10-18(4-5-19(14)21)22-20(25)24-8-6-17(7-9-24)13-23-11-15(2)26-16(3)12-23/h4-5,10,15-17H,6-9,11-13H2,1-3H3,(H,22,25). The molecule has 2 unspecified atom stereocenters. The zero-order valence-corrected chi connectivity index (χ0v) is 17.6. The Kier molecular flexibility index (Phi) is 6.59. The smallest absolute Gasteiger partial charge is 0.321 e. The maximum absolute atomic E-state index is 12.5. The summed E-state index contributed by atoms with van der Waals surface area (Å²) in [5.41, 5.74) is 1.98. The van der Waals surface area contributed by atoms with Gasteiger partial charge in [-0.2, -0.15) is 0 Å². The number of aryl methyl sites for hydroxylation is 1. The number of hydrogen-bond donors (Lipinski definition) is 1. The molecule has 2 amide bonds. The fraction of sp³-hybridized carbons (Fsp3) is 0.650. The molecule has 2 saturated heterocycles. The molecule has 2 heterocycles. The summed E-state index contributed by atoms with van der Waals surface area (Å²) < 4.78 is 6.88. The number of nitrogens with zero attached hydrogens (tertiary/aromatic N) is 2. The second kappa shape index (κ2) is 8.72. The normalized spacial score (nSPS) is 25.3. The number of hydrogen-bond acceptors (Lipinski definition) is 3. The van der Waals surface area contributed by atoms with E-state index in [1.54, 1.807) is 0 Å². The highest BCUT2D eigenvalue weighted by atomic mass is 79.9. The van der Waals surface area contributed by atoms with E-state index in [-0.39, 0.29) is 6.03 Å². The van der Waals surface area contributed by atoms with Crippen LogP contribution in [-0.4, -0.2) is 60.8 Å². The summed E-state index contributed by atoms with van der Waals surface area (Å²) in [6.45, 7) is 11.2. The summed E-state index contributed by atoms with van der Waals surface area (Å²) in [6.07, 6.45) is 2.79. The number of anilines is 1. The number of halogens is 1. The third-order valence-electron chi connectivity index (χ3n) is 5.32. The van der Waals surface area contributed by atoms with Crippen molar-refractivity contribution in [1.82, 2.24) is 9.80 Å². The van der Waals surface area contributed by atoms with Crippen LogP contribution in [0.5, 0.6) is 0 Å². The van der Waals surface area contributed by atoms with E-state index >= 15 is 0 Å². The molecule has 3 rings (SSSR count). The van der Waals surface area contributed by atoms with Crippen LogP contribution in [0.2, 0.25) is 0 Å². The molecule has 144 valence electrons. The van der Waals surface area contributed by atoms with Crippen LogP contribution in [0.3, 0.4) is 0 Å². The van der Waals surface area contributed by atoms with Gasteiger partial charge in [-0.15, -0.1) is 0 Å². The number of amides is 2. The van der Waals surface area contributed by atoms with Gasteiger partial charge in [0.1, 0.15) is 0 Å². The van der Waals surface area contributed by atoms with Crippen LogP contribution in [-0.2, 0) is 4.74 Å². The molecule has 2 fully saturated rings. The number of urea groups is 1. The van der Waals surface area contributed by atoms with E-state index in [1.165, 1.54) is 0 Å². The zero-order chi connectivity index (χ0) is 18.7. The summed E-state index contributed by atoms with van der Waals surface area (Å²) in [5, 5.41) is 3.03. The lowest BCUT2D eigenvalue weighted by Crippen LogP contribution is -2.49. The summed E-state index contributed by atoms with van der Waals surface area (Å²) in [6, 6.07) is 5.92. The summed E-state index contributed by atoms with van der Waals surface area (Å²) in [5.74, 6) is 0.673. The van der Waals surface area contributed by atoms with E-state index in [2.05, 4.69) is 40.0 Å². The van der Waals surface area contributed by atoms with Crippen LogP contribution >= 0.6 is 15.9 Å². The molecule has 1 N–H and O–H groups in total. The number of nitrogens with one attached hydrogen (secondary N) is 1. The molecule has 0 radical (unpaired) electrons. The van der Waals surface area contributed by atoms with Crippen LogP contribution in [0.1, 0.15) is 32.3 Å². The SMILES string of the molecule is Cc1cc(NC(=O)N2CCC(CN3CC(C)OC(C)C3)CC2)ccc1Br. The third kappa shape index (κ3) is 5.21. The Morgan fingerprint density at radius 3 is 2.50 bits per heavy atom. The zero-order valence-electron chi connectivity index (χ0n) is 16.0. The molecule has 26 heavy (non-hydrogen) atoms. The Labute approximate surface area is 165 Å². The minimum atomic E-state index is 0.0128. The van der Waals surface area contributed by atoms with E-state index in [1.807, 2.05) is 30.0 Å². The van der Waals surface area contributed by atoms with Crippen molar-refractivity contribution >= 4 is 27.6 Å². The number of likely N-dealkylation sites (tertiary alicyclic amines) is 1. The van der Waals surface area contributed by atoms with Gasteiger partial charge in [0.05, 0.1) is 12.2 Å². The molecule has 1 aromatic rings. The molecule has 0 aromatic heterocycles. The van der Waals surface area contributed by atoms with Crippen LogP contribution in [0.15, 0.2) is 22.7 Å². The largest absolute Gasteiger partial charge is 0.373 e. The van der Waals surface area contributed by atoms with Crippen molar-refractivity contribution < 1.29 is 9.53 Å². The van der Waals surface area contributed by atoms with Crippen LogP contribution in [0, 0.1) is 12.8 Å². The first-order valence-corrected chi connectivity index (χ1v) is 10.4. The van der Waals surface area contributed by atoms with E-state index in [9.17, 15) is 4.79 Å². The van der Waals surface area contributed by atoms with Gasteiger partial charge in [-0.05, 0) is 63.3 Å². The summed E-state index contributed by atoms with van der Waals surface area (Å²) in [4.78, 5) is 17.0. The van der Waals surface area contributed by atoms with Gasteiger partial charge in [0, 0.05) is 42.9 Å². The third-order valence-corrected chi connectivity index (χ3v) is 6.21. The quantitative estimate of drug-likeness (QED) is 0.795. The Morgan fingerprint density at radius 2 is 1.88 bits per heavy atom. The molecule has 2 aliphatic rings. The van der Waals surface area contributed by atoms with Crippen LogP contribution < -0.4 is 5.32 Å². The highest BCUT2D eigenvalue weighted by Crippen LogP contribution is 2.23. The molecule has 2 aliphatic heterocycles. The Bertz CT molecular complexity index is 621. The second-order valence-electron chi connectivity index (χ2n) is 7.80. The van der Waals surface area contributed by atoms with E-state index in [4.69, 9.17) is 4.74 Å². The van der Waals surface area contributed by atoms with E-state index < -0.39 is 0 Å². The topological polar surface area (TPSA) is 44.8 Å². The molecular formula is C20H30BrN3O2. The molecule has 1 aromatic carbocycles. The maximum Gasteiger partial charge on any atom is 0.321 e. The first-order chi connectivity index (χ1) is 12.4. The first kappa shape index (κ1) is 19.6. The molecule has 2 atom stereocenters. The number of ether oxygens (including phenoxy) is 1. The van der Waals surface area contributed by atoms with E-state index in [0.717, 1.165) is 61.3 Å². The molecule has 6 heteroatoms. The predicted octanol–water partition coefficient (Wildman–Crippen LogP) is 4.11. The maximum atomic E-state index is 12.5. The summed E-state index contributed by atoms with van der Waals surface area (Å²) >= 11 is 3.49. The van der Waals surface area contributed by atoms with Gasteiger partial charge in [0.15, 0.2) is 0 Å². The van der Waals surface area contributed by atoms with Crippen molar-refractivity contribution in [2.45, 2.75) is 45.8 Å². The fourth-order valence-electron chi connectivity index (χ4n) is 4.04. The van der Waals surface area contributed by atoms with Gasteiger partial charge >= 0.3 is 6.03 Å². The van der Waals surface area contributed by atoms with Crippen molar-refractivity contribution in [1.29, 1.82) is 0 Å². The van der Waals surface area contributed by atoms with Crippen molar-refractivity contribution in [3.05, 3.63) is 28.2 Å². The second-order valence-corrected chi connectivity index (χ2v) is 8.65. The molecule has 0 saturated carbocycles. The molecule has 0 aliphatic carbocycles. The number of carbonyl (C=O) groups excluding carboxylic acids is 1. The van der Waals surface area contributed by atoms with Gasteiger partial charge in [-0.25, -0.2) is 4.79 Å². The molecule has 0 bridgehead atoms.